The standard InChI is InChI=1S/C14H19NO4S2/c1-10-9-18-14-11(17)8-12(19-13(10)14)15(2-5-20)3-6-21-7-4-16/h8-9,16,20H,2-7H2,1H3. The largest absolute Gasteiger partial charge is 0.456 e. The molecule has 2 aromatic rings. The van der Waals surface area contributed by atoms with Crippen LogP contribution in [0.25, 0.3) is 11.2 Å². The first-order chi connectivity index (χ1) is 10.2. The van der Waals surface area contributed by atoms with Crippen molar-refractivity contribution >= 4 is 41.4 Å². The molecular weight excluding hydrogens is 310 g/mol. The summed E-state index contributed by atoms with van der Waals surface area (Å²) in [5, 5.41) is 8.80. The van der Waals surface area contributed by atoms with Gasteiger partial charge in [0.15, 0.2) is 11.5 Å². The highest BCUT2D eigenvalue weighted by atomic mass is 32.2. The van der Waals surface area contributed by atoms with E-state index in [4.69, 9.17) is 13.9 Å². The Balaban J connectivity index is 2.22. The van der Waals surface area contributed by atoms with Gasteiger partial charge < -0.3 is 18.8 Å². The molecule has 1 N–H and O–H groups in total. The summed E-state index contributed by atoms with van der Waals surface area (Å²) in [6.45, 7) is 3.44. The maximum atomic E-state index is 12.1. The van der Waals surface area contributed by atoms with Gasteiger partial charge in [0.1, 0.15) is 0 Å². The average Bonchev–Trinajstić information content (AvgIpc) is 2.84. The van der Waals surface area contributed by atoms with Gasteiger partial charge in [0.05, 0.1) is 18.9 Å². The second-order valence-electron chi connectivity index (χ2n) is 4.57. The van der Waals surface area contributed by atoms with Gasteiger partial charge in [0.25, 0.3) is 0 Å². The summed E-state index contributed by atoms with van der Waals surface area (Å²) in [7, 11) is 0. The van der Waals surface area contributed by atoms with Crippen LogP contribution in [0.1, 0.15) is 5.56 Å². The molecule has 0 spiro atoms. The van der Waals surface area contributed by atoms with Crippen molar-refractivity contribution in [3.63, 3.8) is 0 Å². The highest BCUT2D eigenvalue weighted by Crippen LogP contribution is 2.23. The summed E-state index contributed by atoms with van der Waals surface area (Å²) < 4.78 is 11.0. The van der Waals surface area contributed by atoms with Crippen molar-refractivity contribution in [3.05, 3.63) is 28.1 Å². The van der Waals surface area contributed by atoms with Gasteiger partial charge in [0.2, 0.25) is 11.0 Å². The number of fused-ring (bicyclic) bond motifs is 1. The van der Waals surface area contributed by atoms with Crippen LogP contribution in [0.15, 0.2) is 26.0 Å². The lowest BCUT2D eigenvalue weighted by Crippen LogP contribution is -2.29. The van der Waals surface area contributed by atoms with E-state index in [1.807, 2.05) is 11.8 Å². The van der Waals surface area contributed by atoms with E-state index in [9.17, 15) is 4.79 Å². The van der Waals surface area contributed by atoms with E-state index in [0.717, 1.165) is 17.9 Å². The molecule has 0 saturated carbocycles. The molecule has 2 heterocycles. The molecule has 0 bridgehead atoms. The van der Waals surface area contributed by atoms with Crippen LogP contribution in [0.3, 0.4) is 0 Å². The van der Waals surface area contributed by atoms with Gasteiger partial charge in [-0.1, -0.05) is 0 Å². The quantitative estimate of drug-likeness (QED) is 0.571. The lowest BCUT2D eigenvalue weighted by Gasteiger charge is -2.21. The predicted molar refractivity (Wildman–Crippen MR) is 90.0 cm³/mol. The number of hydrogen-bond donors (Lipinski definition) is 2. The number of aliphatic hydroxyl groups excluding tert-OH is 1. The maximum Gasteiger partial charge on any atom is 0.230 e. The van der Waals surface area contributed by atoms with Crippen molar-refractivity contribution in [2.45, 2.75) is 6.92 Å². The van der Waals surface area contributed by atoms with Gasteiger partial charge in [-0.3, -0.25) is 4.79 Å². The maximum absolute atomic E-state index is 12.1. The fraction of sp³-hybridized carbons (Fsp3) is 0.500. The van der Waals surface area contributed by atoms with E-state index in [0.29, 0.717) is 29.5 Å². The molecule has 21 heavy (non-hydrogen) atoms. The van der Waals surface area contributed by atoms with Crippen LogP contribution in [-0.4, -0.2) is 42.1 Å². The Hall–Kier alpha value is -1.05. The molecule has 0 aliphatic rings. The molecule has 5 nitrogen and oxygen atoms in total. The third-order valence-electron chi connectivity index (χ3n) is 3.03. The molecule has 0 atom stereocenters. The zero-order valence-corrected chi connectivity index (χ0v) is 13.6. The van der Waals surface area contributed by atoms with Crippen molar-refractivity contribution in [2.75, 3.05) is 41.9 Å². The SMILES string of the molecule is Cc1coc2c(=O)cc(N(CCS)CCSCCO)oc12. The third-order valence-corrected chi connectivity index (χ3v) is 4.17. The first kappa shape index (κ1) is 16.3. The molecule has 0 saturated heterocycles. The van der Waals surface area contributed by atoms with Gasteiger partial charge in [-0.15, -0.1) is 0 Å². The van der Waals surface area contributed by atoms with E-state index < -0.39 is 0 Å². The van der Waals surface area contributed by atoms with Gasteiger partial charge in [-0.05, 0) is 6.92 Å². The van der Waals surface area contributed by atoms with Crippen LogP contribution < -0.4 is 10.3 Å². The van der Waals surface area contributed by atoms with Crippen molar-refractivity contribution in [1.82, 2.24) is 0 Å². The zero-order valence-electron chi connectivity index (χ0n) is 11.9. The second-order valence-corrected chi connectivity index (χ2v) is 6.24. The summed E-state index contributed by atoms with van der Waals surface area (Å²) in [5.74, 6) is 2.76. The van der Waals surface area contributed by atoms with Crippen LogP contribution in [0.2, 0.25) is 0 Å². The van der Waals surface area contributed by atoms with E-state index in [-0.39, 0.29) is 17.6 Å². The Kier molecular flexibility index (Phi) is 6.08. The second kappa shape index (κ2) is 7.82. The highest BCUT2D eigenvalue weighted by Gasteiger charge is 2.15. The Bertz CT molecular complexity index is 637. The number of aryl methyl sites for hydroxylation is 1. The molecular formula is C14H19NO4S2. The minimum atomic E-state index is -0.175. The minimum Gasteiger partial charge on any atom is -0.456 e. The summed E-state index contributed by atoms with van der Waals surface area (Å²) in [4.78, 5) is 14.1. The Labute approximate surface area is 132 Å². The fourth-order valence-corrected chi connectivity index (χ4v) is 2.92. The molecule has 2 rings (SSSR count). The molecule has 0 amide bonds. The number of nitrogens with zero attached hydrogens (tertiary/aromatic N) is 1. The fourth-order valence-electron chi connectivity index (χ4n) is 1.99. The summed E-state index contributed by atoms with van der Waals surface area (Å²) in [5.41, 5.74) is 1.40. The molecule has 2 aromatic heterocycles. The van der Waals surface area contributed by atoms with Gasteiger partial charge in [-0.2, -0.15) is 24.4 Å². The lowest BCUT2D eigenvalue weighted by molar-refractivity contribution is 0.322. The molecule has 0 aliphatic carbocycles. The zero-order chi connectivity index (χ0) is 15.2. The molecule has 0 unspecified atom stereocenters. The van der Waals surface area contributed by atoms with Crippen LogP contribution in [0, 0.1) is 6.92 Å². The van der Waals surface area contributed by atoms with Crippen molar-refractivity contribution in [3.8, 4) is 0 Å². The number of aliphatic hydroxyl groups is 1. The smallest absolute Gasteiger partial charge is 0.230 e. The van der Waals surface area contributed by atoms with Crippen LogP contribution in [0.5, 0.6) is 0 Å². The van der Waals surface area contributed by atoms with Crippen LogP contribution >= 0.6 is 24.4 Å². The predicted octanol–water partition coefficient (Wildman–Crippen LogP) is 2.16. The monoisotopic (exact) mass is 329 g/mol. The normalized spacial score (nSPS) is 11.2. The Morgan fingerprint density at radius 3 is 2.86 bits per heavy atom. The molecule has 0 aliphatic heterocycles. The third kappa shape index (κ3) is 3.99. The van der Waals surface area contributed by atoms with Crippen LogP contribution in [-0.2, 0) is 0 Å². The van der Waals surface area contributed by atoms with Gasteiger partial charge in [-0.25, -0.2) is 0 Å². The average molecular weight is 329 g/mol. The van der Waals surface area contributed by atoms with Gasteiger partial charge >= 0.3 is 0 Å². The summed E-state index contributed by atoms with van der Waals surface area (Å²) in [6.07, 6.45) is 1.53. The van der Waals surface area contributed by atoms with Crippen molar-refractivity contribution < 1.29 is 13.9 Å². The van der Waals surface area contributed by atoms with E-state index in [2.05, 4.69) is 12.6 Å². The summed E-state index contributed by atoms with van der Waals surface area (Å²) >= 11 is 5.91. The van der Waals surface area contributed by atoms with E-state index in [1.54, 1.807) is 11.8 Å². The number of thioether (sulfide) groups is 1. The lowest BCUT2D eigenvalue weighted by atomic mass is 10.3. The van der Waals surface area contributed by atoms with Crippen LogP contribution in [0.4, 0.5) is 5.88 Å². The molecule has 116 valence electrons. The number of anilines is 1. The number of furan rings is 1. The molecule has 7 heteroatoms. The number of rotatable bonds is 8. The van der Waals surface area contributed by atoms with E-state index in [1.165, 1.54) is 12.3 Å². The Morgan fingerprint density at radius 1 is 1.33 bits per heavy atom. The number of hydrogen-bond acceptors (Lipinski definition) is 7. The summed E-state index contributed by atoms with van der Waals surface area (Å²) in [6, 6.07) is 1.46. The molecule has 0 fully saturated rings. The van der Waals surface area contributed by atoms with Crippen molar-refractivity contribution in [1.29, 1.82) is 0 Å². The molecule has 0 aromatic carbocycles. The molecule has 0 radical (unpaired) electrons. The van der Waals surface area contributed by atoms with E-state index >= 15 is 0 Å². The number of thiol groups is 1. The first-order valence-corrected chi connectivity index (χ1v) is 8.52. The minimum absolute atomic E-state index is 0.173. The Morgan fingerprint density at radius 2 is 2.14 bits per heavy atom. The topological polar surface area (TPSA) is 66.8 Å². The highest BCUT2D eigenvalue weighted by molar-refractivity contribution is 7.99. The van der Waals surface area contributed by atoms with Gasteiger partial charge in [0, 0.05) is 35.9 Å². The first-order valence-electron chi connectivity index (χ1n) is 6.73. The van der Waals surface area contributed by atoms with Crippen molar-refractivity contribution in [2.24, 2.45) is 0 Å².